The van der Waals surface area contributed by atoms with Gasteiger partial charge >= 0.3 is 0 Å². The van der Waals surface area contributed by atoms with Gasteiger partial charge < -0.3 is 20.0 Å². The fourth-order valence-electron chi connectivity index (χ4n) is 4.04. The average Bonchev–Trinajstić information content (AvgIpc) is 3.27. The molecule has 8 heteroatoms. The molecule has 0 bridgehead atoms. The number of hydrogen-bond donors (Lipinski definition) is 1. The molecule has 0 aliphatic carbocycles. The molecular weight excluding hydrogens is 414 g/mol. The Labute approximate surface area is 189 Å². The van der Waals surface area contributed by atoms with Crippen molar-refractivity contribution in [2.45, 2.75) is 38.6 Å². The monoisotopic (exact) mass is 443 g/mol. The van der Waals surface area contributed by atoms with E-state index in [9.17, 15) is 9.59 Å². The number of anilines is 2. The van der Waals surface area contributed by atoms with Crippen molar-refractivity contribution in [1.29, 1.82) is 0 Å². The molecule has 2 aliphatic heterocycles. The molecule has 0 unspecified atom stereocenters. The van der Waals surface area contributed by atoms with Gasteiger partial charge in [-0.05, 0) is 43.9 Å². The van der Waals surface area contributed by atoms with Gasteiger partial charge in [0, 0.05) is 25.3 Å². The quantitative estimate of drug-likeness (QED) is 0.627. The lowest BCUT2D eigenvalue weighted by Gasteiger charge is -2.35. The van der Waals surface area contributed by atoms with E-state index >= 15 is 0 Å². The minimum atomic E-state index is -0.475. The number of rotatable bonds is 8. The van der Waals surface area contributed by atoms with E-state index in [0.717, 1.165) is 38.0 Å². The molecule has 1 N–H and O–H groups in total. The Kier molecular flexibility index (Phi) is 8.19. The van der Waals surface area contributed by atoms with Gasteiger partial charge in [-0.3, -0.25) is 14.6 Å². The third-order valence-corrected chi connectivity index (χ3v) is 5.86. The number of halogens is 1. The van der Waals surface area contributed by atoms with Gasteiger partial charge in [0.1, 0.15) is 6.04 Å². The van der Waals surface area contributed by atoms with E-state index in [1.807, 2.05) is 21.9 Å². The maximum Gasteiger partial charge on any atom is 0.247 e. The van der Waals surface area contributed by atoms with Gasteiger partial charge in [0.2, 0.25) is 11.8 Å². The molecular formula is C23H30ClN5O2. The zero-order chi connectivity index (χ0) is 22.2. The van der Waals surface area contributed by atoms with Crippen LogP contribution < -0.4 is 10.2 Å². The van der Waals surface area contributed by atoms with Crippen molar-refractivity contribution in [3.05, 3.63) is 23.2 Å². The van der Waals surface area contributed by atoms with Crippen molar-refractivity contribution in [2.75, 3.05) is 49.5 Å². The first-order chi connectivity index (χ1) is 15.0. The van der Waals surface area contributed by atoms with Gasteiger partial charge in [-0.2, -0.15) is 0 Å². The Balaban J connectivity index is 1.67. The summed E-state index contributed by atoms with van der Waals surface area (Å²) in [5.74, 6) is 2.44. The van der Waals surface area contributed by atoms with Crippen molar-refractivity contribution < 1.29 is 9.59 Å². The number of benzene rings is 1. The van der Waals surface area contributed by atoms with Crippen LogP contribution in [-0.4, -0.2) is 73.3 Å². The highest BCUT2D eigenvalue weighted by Crippen LogP contribution is 2.29. The first kappa shape index (κ1) is 23.0. The summed E-state index contributed by atoms with van der Waals surface area (Å²) in [5.41, 5.74) is 1.46. The molecule has 1 fully saturated rings. The van der Waals surface area contributed by atoms with Crippen LogP contribution in [0, 0.1) is 12.3 Å². The lowest BCUT2D eigenvalue weighted by atomic mass is 10.0. The smallest absolute Gasteiger partial charge is 0.247 e. The van der Waals surface area contributed by atoms with Crippen molar-refractivity contribution in [3.8, 4) is 12.3 Å². The SMILES string of the molecule is C#CCN(CCC)c1ccc(NC(=O)[C@H]2CCCCN2C(=O)CN2C=NCC2)cc1Cl. The van der Waals surface area contributed by atoms with Crippen molar-refractivity contribution in [2.24, 2.45) is 4.99 Å². The molecule has 2 amide bonds. The fraction of sp³-hybridized carbons (Fsp3) is 0.522. The number of likely N-dealkylation sites (tertiary alicyclic amines) is 1. The van der Waals surface area contributed by atoms with E-state index in [4.69, 9.17) is 18.0 Å². The number of aliphatic imine (C=N–C) groups is 1. The Morgan fingerprint density at radius 1 is 1.35 bits per heavy atom. The molecule has 1 atom stereocenters. The zero-order valence-corrected chi connectivity index (χ0v) is 18.8. The van der Waals surface area contributed by atoms with Crippen molar-refractivity contribution in [3.63, 3.8) is 0 Å². The molecule has 7 nitrogen and oxygen atoms in total. The van der Waals surface area contributed by atoms with Gasteiger partial charge in [0.25, 0.3) is 0 Å². The van der Waals surface area contributed by atoms with E-state index < -0.39 is 6.04 Å². The second-order valence-electron chi connectivity index (χ2n) is 7.87. The lowest BCUT2D eigenvalue weighted by molar-refractivity contribution is -0.140. The number of carbonyl (C=O) groups is 2. The summed E-state index contributed by atoms with van der Waals surface area (Å²) in [7, 11) is 0. The molecule has 2 heterocycles. The molecule has 31 heavy (non-hydrogen) atoms. The highest BCUT2D eigenvalue weighted by atomic mass is 35.5. The average molecular weight is 444 g/mol. The normalized spacial score (nSPS) is 18.0. The van der Waals surface area contributed by atoms with Crippen LogP contribution in [0.25, 0.3) is 0 Å². The number of piperidine rings is 1. The first-order valence-corrected chi connectivity index (χ1v) is 11.2. The summed E-state index contributed by atoms with van der Waals surface area (Å²) >= 11 is 6.50. The Morgan fingerprint density at radius 2 is 2.19 bits per heavy atom. The molecule has 1 aromatic carbocycles. The molecule has 0 radical (unpaired) electrons. The number of carbonyl (C=O) groups excluding carboxylic acids is 2. The summed E-state index contributed by atoms with van der Waals surface area (Å²) in [6.45, 7) is 5.67. The van der Waals surface area contributed by atoms with Crippen molar-refractivity contribution in [1.82, 2.24) is 9.80 Å². The summed E-state index contributed by atoms with van der Waals surface area (Å²) in [5, 5.41) is 3.48. The van der Waals surface area contributed by atoms with Crippen LogP contribution in [-0.2, 0) is 9.59 Å². The topological polar surface area (TPSA) is 68.2 Å². The fourth-order valence-corrected chi connectivity index (χ4v) is 4.34. The predicted molar refractivity (Wildman–Crippen MR) is 126 cm³/mol. The molecule has 0 saturated carbocycles. The highest BCUT2D eigenvalue weighted by molar-refractivity contribution is 6.33. The number of hydrogen-bond acceptors (Lipinski definition) is 5. The lowest BCUT2D eigenvalue weighted by Crippen LogP contribution is -2.52. The summed E-state index contributed by atoms with van der Waals surface area (Å²) in [6.07, 6.45) is 10.6. The maximum absolute atomic E-state index is 13.0. The first-order valence-electron chi connectivity index (χ1n) is 10.9. The van der Waals surface area contributed by atoms with Gasteiger partial charge in [-0.15, -0.1) is 6.42 Å². The maximum atomic E-state index is 13.0. The minimum Gasteiger partial charge on any atom is -0.359 e. The molecule has 2 aliphatic rings. The van der Waals surface area contributed by atoms with Crippen LogP contribution in [0.4, 0.5) is 11.4 Å². The number of nitrogens with zero attached hydrogens (tertiary/aromatic N) is 4. The van der Waals surface area contributed by atoms with E-state index in [1.165, 1.54) is 0 Å². The molecule has 3 rings (SSSR count). The van der Waals surface area contributed by atoms with Crippen LogP contribution in [0.3, 0.4) is 0 Å². The van der Waals surface area contributed by atoms with E-state index in [2.05, 4.69) is 23.2 Å². The summed E-state index contributed by atoms with van der Waals surface area (Å²) < 4.78 is 0. The molecule has 1 aromatic rings. The third-order valence-electron chi connectivity index (χ3n) is 5.56. The second-order valence-corrected chi connectivity index (χ2v) is 8.28. The minimum absolute atomic E-state index is 0.0360. The largest absolute Gasteiger partial charge is 0.359 e. The van der Waals surface area contributed by atoms with Crippen LogP contribution in [0.15, 0.2) is 23.2 Å². The highest BCUT2D eigenvalue weighted by Gasteiger charge is 2.32. The summed E-state index contributed by atoms with van der Waals surface area (Å²) in [6, 6.07) is 4.97. The van der Waals surface area contributed by atoms with Crippen LogP contribution in [0.5, 0.6) is 0 Å². The second kappa shape index (κ2) is 11.1. The van der Waals surface area contributed by atoms with E-state index in [0.29, 0.717) is 36.8 Å². The summed E-state index contributed by atoms with van der Waals surface area (Å²) in [4.78, 5) is 35.6. The standard InChI is InChI=1S/C23H30ClN5O2/c1-3-11-28(12-4-2)20-9-8-18(15-19(20)24)26-23(31)21-7-5-6-13-29(21)22(30)16-27-14-10-25-17-27/h1,8-9,15,17,21H,4-7,10-14,16H2,2H3,(H,26,31)/t21-/m1/s1. The van der Waals surface area contributed by atoms with Gasteiger partial charge in [0.15, 0.2) is 0 Å². The van der Waals surface area contributed by atoms with Gasteiger partial charge in [-0.1, -0.05) is 24.4 Å². The number of nitrogens with one attached hydrogen (secondary N) is 1. The third kappa shape index (κ3) is 5.92. The predicted octanol–water partition coefficient (Wildman–Crippen LogP) is 2.85. The molecule has 0 spiro atoms. The molecule has 1 saturated heterocycles. The number of terminal acetylenes is 1. The van der Waals surface area contributed by atoms with Gasteiger partial charge in [0.05, 0.1) is 36.7 Å². The Bertz CT molecular complexity index is 866. The van der Waals surface area contributed by atoms with E-state index in [-0.39, 0.29) is 18.4 Å². The Morgan fingerprint density at radius 3 is 2.87 bits per heavy atom. The molecule has 166 valence electrons. The Hall–Kier alpha value is -2.72. The van der Waals surface area contributed by atoms with E-state index in [1.54, 1.807) is 17.3 Å². The van der Waals surface area contributed by atoms with Crippen LogP contribution >= 0.6 is 11.6 Å². The zero-order valence-electron chi connectivity index (χ0n) is 18.0. The molecule has 0 aromatic heterocycles. The van der Waals surface area contributed by atoms with Crippen LogP contribution in [0.2, 0.25) is 5.02 Å². The number of amides is 2. The van der Waals surface area contributed by atoms with Crippen molar-refractivity contribution >= 4 is 41.1 Å². The van der Waals surface area contributed by atoms with Crippen LogP contribution in [0.1, 0.15) is 32.6 Å². The van der Waals surface area contributed by atoms with Gasteiger partial charge in [-0.25, -0.2) is 0 Å².